The number of rotatable bonds is 6. The number of aromatic carboxylic acids is 1. The van der Waals surface area contributed by atoms with E-state index in [1.165, 1.54) is 6.20 Å². The molecule has 1 fully saturated rings. The van der Waals surface area contributed by atoms with Crippen LogP contribution in [0.3, 0.4) is 0 Å². The standard InChI is InChI=1S/C16H25N3O3S/c1-4-23-14(11(2)3)15(20)18-7-5-13(6-8-18)19-10-12(9-17-19)16(21)22/h9-11,13-14H,4-8H2,1-3H3,(H,21,22). The monoisotopic (exact) mass is 339 g/mol. The highest BCUT2D eigenvalue weighted by molar-refractivity contribution is 8.00. The van der Waals surface area contributed by atoms with Gasteiger partial charge in [0.15, 0.2) is 0 Å². The molecule has 1 aromatic rings. The molecular formula is C16H25N3O3S. The molecule has 7 heteroatoms. The lowest BCUT2D eigenvalue weighted by molar-refractivity contribution is -0.132. The molecule has 1 saturated heterocycles. The third kappa shape index (κ3) is 4.28. The van der Waals surface area contributed by atoms with E-state index >= 15 is 0 Å². The molecule has 128 valence electrons. The molecule has 1 amide bonds. The largest absolute Gasteiger partial charge is 0.478 e. The Morgan fingerprint density at radius 2 is 2.04 bits per heavy atom. The van der Waals surface area contributed by atoms with Crippen LogP contribution < -0.4 is 0 Å². The first-order valence-corrected chi connectivity index (χ1v) is 9.16. The van der Waals surface area contributed by atoms with Crippen molar-refractivity contribution in [3.8, 4) is 0 Å². The minimum Gasteiger partial charge on any atom is -0.478 e. The van der Waals surface area contributed by atoms with E-state index < -0.39 is 5.97 Å². The SMILES string of the molecule is CCSC(C(=O)N1CCC(n2cc(C(=O)O)cn2)CC1)C(C)C. The molecular weight excluding hydrogens is 314 g/mol. The number of amides is 1. The van der Waals surface area contributed by atoms with Gasteiger partial charge >= 0.3 is 5.97 Å². The summed E-state index contributed by atoms with van der Waals surface area (Å²) in [6.07, 6.45) is 4.59. The van der Waals surface area contributed by atoms with Gasteiger partial charge in [-0.3, -0.25) is 9.48 Å². The normalized spacial score (nSPS) is 17.5. The van der Waals surface area contributed by atoms with E-state index in [1.807, 2.05) is 4.90 Å². The number of hydrogen-bond donors (Lipinski definition) is 1. The fraction of sp³-hybridized carbons (Fsp3) is 0.688. The van der Waals surface area contributed by atoms with Crippen molar-refractivity contribution in [1.29, 1.82) is 0 Å². The number of likely N-dealkylation sites (tertiary alicyclic amines) is 1. The Labute approximate surface area is 141 Å². The van der Waals surface area contributed by atoms with Crippen LogP contribution in [-0.2, 0) is 4.79 Å². The molecule has 1 N–H and O–H groups in total. The van der Waals surface area contributed by atoms with Crippen LogP contribution in [0.15, 0.2) is 12.4 Å². The summed E-state index contributed by atoms with van der Waals surface area (Å²) in [7, 11) is 0. The number of piperidine rings is 1. The molecule has 1 aliphatic heterocycles. The Kier molecular flexibility index (Phi) is 6.10. The highest BCUT2D eigenvalue weighted by Crippen LogP contribution is 2.27. The van der Waals surface area contributed by atoms with Gasteiger partial charge in [0.05, 0.1) is 23.1 Å². The first-order chi connectivity index (χ1) is 10.9. The summed E-state index contributed by atoms with van der Waals surface area (Å²) in [6.45, 7) is 7.68. The van der Waals surface area contributed by atoms with Crippen molar-refractivity contribution in [2.75, 3.05) is 18.8 Å². The van der Waals surface area contributed by atoms with E-state index in [-0.39, 0.29) is 22.8 Å². The molecule has 0 spiro atoms. The van der Waals surface area contributed by atoms with Crippen LogP contribution in [0.5, 0.6) is 0 Å². The molecule has 1 unspecified atom stereocenters. The van der Waals surface area contributed by atoms with E-state index in [0.29, 0.717) is 19.0 Å². The highest BCUT2D eigenvalue weighted by atomic mass is 32.2. The van der Waals surface area contributed by atoms with Crippen molar-refractivity contribution < 1.29 is 14.7 Å². The Morgan fingerprint density at radius 1 is 1.39 bits per heavy atom. The quantitative estimate of drug-likeness (QED) is 0.862. The summed E-state index contributed by atoms with van der Waals surface area (Å²) in [5.74, 6) is 0.544. The first kappa shape index (κ1) is 17.8. The van der Waals surface area contributed by atoms with Crippen LogP contribution in [0.4, 0.5) is 0 Å². The average Bonchev–Trinajstić information content (AvgIpc) is 3.02. The molecule has 1 atom stereocenters. The topological polar surface area (TPSA) is 75.4 Å². The third-order valence-electron chi connectivity index (χ3n) is 4.19. The molecule has 0 saturated carbocycles. The van der Waals surface area contributed by atoms with Gasteiger partial charge in [-0.1, -0.05) is 20.8 Å². The van der Waals surface area contributed by atoms with Crippen LogP contribution in [0.25, 0.3) is 0 Å². The second-order valence-corrected chi connectivity index (χ2v) is 7.61. The van der Waals surface area contributed by atoms with E-state index in [4.69, 9.17) is 5.11 Å². The fourth-order valence-electron chi connectivity index (χ4n) is 2.91. The van der Waals surface area contributed by atoms with Crippen LogP contribution >= 0.6 is 11.8 Å². The lowest BCUT2D eigenvalue weighted by atomic mass is 10.0. The lowest BCUT2D eigenvalue weighted by Crippen LogP contribution is -2.44. The Bertz CT molecular complexity index is 551. The van der Waals surface area contributed by atoms with Crippen molar-refractivity contribution in [2.24, 2.45) is 5.92 Å². The minimum atomic E-state index is -0.958. The maximum absolute atomic E-state index is 12.7. The zero-order valence-electron chi connectivity index (χ0n) is 13.9. The molecule has 0 aromatic carbocycles. The van der Waals surface area contributed by atoms with Gasteiger partial charge in [0, 0.05) is 19.3 Å². The highest BCUT2D eigenvalue weighted by Gasteiger charge is 2.30. The number of carbonyl (C=O) groups is 2. The summed E-state index contributed by atoms with van der Waals surface area (Å²) in [5, 5.41) is 13.1. The lowest BCUT2D eigenvalue weighted by Gasteiger charge is -2.35. The predicted octanol–water partition coefficient (Wildman–Crippen LogP) is 2.52. The van der Waals surface area contributed by atoms with Crippen molar-refractivity contribution in [2.45, 2.75) is 44.9 Å². The number of nitrogens with zero attached hydrogens (tertiary/aromatic N) is 3. The van der Waals surface area contributed by atoms with Crippen molar-refractivity contribution in [3.05, 3.63) is 18.0 Å². The maximum atomic E-state index is 12.7. The number of carboxylic acids is 1. The molecule has 0 bridgehead atoms. The zero-order valence-corrected chi connectivity index (χ0v) is 14.8. The summed E-state index contributed by atoms with van der Waals surface area (Å²) in [5.41, 5.74) is 0.211. The van der Waals surface area contributed by atoms with Gasteiger partial charge in [-0.15, -0.1) is 11.8 Å². The van der Waals surface area contributed by atoms with Crippen molar-refractivity contribution >= 4 is 23.6 Å². The van der Waals surface area contributed by atoms with Gasteiger partial charge in [0.1, 0.15) is 0 Å². The molecule has 6 nitrogen and oxygen atoms in total. The maximum Gasteiger partial charge on any atom is 0.338 e. The van der Waals surface area contributed by atoms with Crippen LogP contribution in [0.2, 0.25) is 0 Å². The van der Waals surface area contributed by atoms with Crippen LogP contribution in [0, 0.1) is 5.92 Å². The first-order valence-electron chi connectivity index (χ1n) is 8.11. The van der Waals surface area contributed by atoms with Gasteiger partial charge in [-0.25, -0.2) is 4.79 Å². The van der Waals surface area contributed by atoms with Gasteiger partial charge in [-0.2, -0.15) is 5.10 Å². The van der Waals surface area contributed by atoms with Gasteiger partial charge < -0.3 is 10.0 Å². The van der Waals surface area contributed by atoms with Crippen LogP contribution in [0.1, 0.15) is 50.0 Å². The zero-order chi connectivity index (χ0) is 17.0. The summed E-state index contributed by atoms with van der Waals surface area (Å²) < 4.78 is 1.73. The Morgan fingerprint density at radius 3 is 2.52 bits per heavy atom. The van der Waals surface area contributed by atoms with Crippen LogP contribution in [-0.4, -0.2) is 55.8 Å². The minimum absolute atomic E-state index is 0.0277. The second kappa shape index (κ2) is 7.86. The molecule has 0 aliphatic carbocycles. The Hall–Kier alpha value is -1.50. The molecule has 0 radical (unpaired) electrons. The number of hydrogen-bond acceptors (Lipinski definition) is 4. The van der Waals surface area contributed by atoms with Gasteiger partial charge in [-0.05, 0) is 24.5 Å². The van der Waals surface area contributed by atoms with E-state index in [2.05, 4.69) is 25.9 Å². The average molecular weight is 339 g/mol. The summed E-state index contributed by atoms with van der Waals surface area (Å²) in [6, 6.07) is 0.170. The smallest absolute Gasteiger partial charge is 0.338 e. The third-order valence-corrected chi connectivity index (χ3v) is 5.63. The van der Waals surface area contributed by atoms with Crippen molar-refractivity contribution in [1.82, 2.24) is 14.7 Å². The van der Waals surface area contributed by atoms with Crippen molar-refractivity contribution in [3.63, 3.8) is 0 Å². The van der Waals surface area contributed by atoms with E-state index in [0.717, 1.165) is 18.6 Å². The van der Waals surface area contributed by atoms with Gasteiger partial charge in [0.2, 0.25) is 5.91 Å². The Balaban J connectivity index is 1.94. The summed E-state index contributed by atoms with van der Waals surface area (Å²) >= 11 is 1.72. The number of thioether (sulfide) groups is 1. The number of carbonyl (C=O) groups excluding carboxylic acids is 1. The van der Waals surface area contributed by atoms with E-state index in [1.54, 1.807) is 22.6 Å². The molecule has 1 aromatic heterocycles. The molecule has 1 aliphatic rings. The van der Waals surface area contributed by atoms with E-state index in [9.17, 15) is 9.59 Å². The summed E-state index contributed by atoms with van der Waals surface area (Å²) in [4.78, 5) is 25.6. The number of aromatic nitrogens is 2. The van der Waals surface area contributed by atoms with Gasteiger partial charge in [0.25, 0.3) is 0 Å². The number of carboxylic acid groups (broad SMARTS) is 1. The second-order valence-electron chi connectivity index (χ2n) is 6.19. The predicted molar refractivity (Wildman–Crippen MR) is 90.8 cm³/mol. The molecule has 23 heavy (non-hydrogen) atoms. The fourth-order valence-corrected chi connectivity index (χ4v) is 3.94. The molecule has 2 heterocycles. The molecule has 2 rings (SSSR count).